The van der Waals surface area contributed by atoms with Gasteiger partial charge in [-0.15, -0.1) is 11.6 Å². The fourth-order valence-corrected chi connectivity index (χ4v) is 3.12. The first-order chi connectivity index (χ1) is 8.33. The van der Waals surface area contributed by atoms with Gasteiger partial charge in [0.1, 0.15) is 0 Å². The Hall–Kier alpha value is -0.730. The first-order valence-electron chi connectivity index (χ1n) is 6.42. The van der Waals surface area contributed by atoms with Gasteiger partial charge in [-0.05, 0) is 39.3 Å². The Morgan fingerprint density at radius 3 is 2.22 bits per heavy atom. The van der Waals surface area contributed by atoms with Gasteiger partial charge in [0.2, 0.25) is 0 Å². The van der Waals surface area contributed by atoms with E-state index in [9.17, 15) is 0 Å². The fourth-order valence-electron chi connectivity index (χ4n) is 2.89. The molecular weight excluding hydrogens is 246 g/mol. The minimum absolute atomic E-state index is 0.138. The molecular formula is C15H22ClNO. The van der Waals surface area contributed by atoms with Gasteiger partial charge in [-0.3, -0.25) is 0 Å². The summed E-state index contributed by atoms with van der Waals surface area (Å²) in [7, 11) is 0. The number of rotatable bonds is 2. The molecule has 1 saturated heterocycles. The van der Waals surface area contributed by atoms with Crippen LogP contribution >= 0.6 is 11.6 Å². The van der Waals surface area contributed by atoms with E-state index in [1.165, 1.54) is 11.3 Å². The highest BCUT2D eigenvalue weighted by Gasteiger charge is 2.38. The smallest absolute Gasteiger partial charge is 0.0808 e. The van der Waals surface area contributed by atoms with Gasteiger partial charge in [-0.1, -0.05) is 18.2 Å². The molecule has 0 atom stereocenters. The van der Waals surface area contributed by atoms with E-state index in [0.717, 1.165) is 13.1 Å². The number of morpholine rings is 1. The summed E-state index contributed by atoms with van der Waals surface area (Å²) in [5, 5.41) is 0. The van der Waals surface area contributed by atoms with E-state index in [2.05, 4.69) is 50.8 Å². The second-order valence-electron chi connectivity index (χ2n) is 6.24. The first-order valence-corrected chi connectivity index (χ1v) is 6.95. The van der Waals surface area contributed by atoms with Crippen molar-refractivity contribution in [3.63, 3.8) is 0 Å². The van der Waals surface area contributed by atoms with E-state index in [-0.39, 0.29) is 11.2 Å². The van der Waals surface area contributed by atoms with E-state index >= 15 is 0 Å². The molecule has 0 bridgehead atoms. The number of ether oxygens (including phenoxy) is 1. The second kappa shape index (κ2) is 4.75. The summed E-state index contributed by atoms with van der Waals surface area (Å²) in [6.07, 6.45) is 0. The average Bonchev–Trinajstić information content (AvgIpc) is 2.24. The van der Waals surface area contributed by atoms with E-state index in [0.29, 0.717) is 5.88 Å². The molecule has 3 heteroatoms. The van der Waals surface area contributed by atoms with Gasteiger partial charge >= 0.3 is 0 Å². The predicted octanol–water partition coefficient (Wildman–Crippen LogP) is 3.82. The molecule has 0 aromatic heterocycles. The third-order valence-electron chi connectivity index (χ3n) is 3.17. The Kier molecular flexibility index (Phi) is 3.61. The SMILES string of the molecule is CC1(C)CN(c2ccccc2CCl)CC(C)(C)O1. The molecule has 0 spiro atoms. The van der Waals surface area contributed by atoms with Crippen LogP contribution < -0.4 is 4.90 Å². The molecule has 0 saturated carbocycles. The number of benzene rings is 1. The van der Waals surface area contributed by atoms with Crippen molar-refractivity contribution in [1.29, 1.82) is 0 Å². The van der Waals surface area contributed by atoms with Crippen LogP contribution in [0.4, 0.5) is 5.69 Å². The highest BCUT2D eigenvalue weighted by Crippen LogP contribution is 2.33. The maximum Gasteiger partial charge on any atom is 0.0808 e. The molecule has 0 radical (unpaired) electrons. The lowest BCUT2D eigenvalue weighted by molar-refractivity contribution is -0.133. The Labute approximate surface area is 115 Å². The molecule has 2 rings (SSSR count). The summed E-state index contributed by atoms with van der Waals surface area (Å²) in [6, 6.07) is 8.35. The summed E-state index contributed by atoms with van der Waals surface area (Å²) in [4.78, 5) is 2.39. The first kappa shape index (κ1) is 13.7. The van der Waals surface area contributed by atoms with Crippen molar-refractivity contribution in [2.24, 2.45) is 0 Å². The lowest BCUT2D eigenvalue weighted by Crippen LogP contribution is -2.57. The van der Waals surface area contributed by atoms with Crippen LogP contribution in [0.2, 0.25) is 0 Å². The molecule has 0 aliphatic carbocycles. The molecule has 1 aliphatic rings. The Balaban J connectivity index is 2.32. The van der Waals surface area contributed by atoms with Gasteiger partial charge < -0.3 is 9.64 Å². The summed E-state index contributed by atoms with van der Waals surface area (Å²) in [5.74, 6) is 0.550. The van der Waals surface area contributed by atoms with Gasteiger partial charge in [-0.2, -0.15) is 0 Å². The number of anilines is 1. The molecule has 1 aromatic rings. The maximum absolute atomic E-state index is 6.11. The second-order valence-corrected chi connectivity index (χ2v) is 6.51. The predicted molar refractivity (Wildman–Crippen MR) is 77.5 cm³/mol. The number of nitrogens with zero attached hydrogens (tertiary/aromatic N) is 1. The summed E-state index contributed by atoms with van der Waals surface area (Å²) in [5.41, 5.74) is 2.15. The van der Waals surface area contributed by atoms with E-state index in [4.69, 9.17) is 16.3 Å². The van der Waals surface area contributed by atoms with Crippen LogP contribution in [0, 0.1) is 0 Å². The van der Waals surface area contributed by atoms with E-state index < -0.39 is 0 Å². The quantitative estimate of drug-likeness (QED) is 0.756. The lowest BCUT2D eigenvalue weighted by atomic mass is 9.97. The van der Waals surface area contributed by atoms with E-state index in [1.54, 1.807) is 0 Å². The minimum atomic E-state index is -0.138. The van der Waals surface area contributed by atoms with Gasteiger partial charge in [0, 0.05) is 24.7 Å². The highest BCUT2D eigenvalue weighted by atomic mass is 35.5. The third-order valence-corrected chi connectivity index (χ3v) is 3.46. The number of hydrogen-bond donors (Lipinski definition) is 0. The monoisotopic (exact) mass is 267 g/mol. The topological polar surface area (TPSA) is 12.5 Å². The summed E-state index contributed by atoms with van der Waals surface area (Å²) in [6.45, 7) is 10.4. The normalized spacial score (nSPS) is 21.9. The zero-order valence-corrected chi connectivity index (χ0v) is 12.4. The van der Waals surface area contributed by atoms with Gasteiger partial charge in [0.15, 0.2) is 0 Å². The Morgan fingerprint density at radius 2 is 1.67 bits per heavy atom. The highest BCUT2D eigenvalue weighted by molar-refractivity contribution is 6.17. The number of halogens is 1. The van der Waals surface area contributed by atoms with E-state index in [1.807, 2.05) is 6.07 Å². The van der Waals surface area contributed by atoms with Crippen molar-refractivity contribution in [3.05, 3.63) is 29.8 Å². The largest absolute Gasteiger partial charge is 0.366 e. The van der Waals surface area contributed by atoms with Crippen molar-refractivity contribution < 1.29 is 4.74 Å². The van der Waals surface area contributed by atoms with Gasteiger partial charge in [-0.25, -0.2) is 0 Å². The lowest BCUT2D eigenvalue weighted by Gasteiger charge is -2.48. The standard InChI is InChI=1S/C15H22ClNO/c1-14(2)10-17(11-15(3,4)18-14)13-8-6-5-7-12(13)9-16/h5-8H,9-11H2,1-4H3. The number of para-hydroxylation sites is 1. The fraction of sp³-hybridized carbons (Fsp3) is 0.600. The van der Waals surface area contributed by atoms with Crippen molar-refractivity contribution in [2.45, 2.75) is 44.8 Å². The van der Waals surface area contributed by atoms with Crippen LogP contribution in [-0.2, 0) is 10.6 Å². The number of alkyl halides is 1. The maximum atomic E-state index is 6.11. The molecule has 1 heterocycles. The molecule has 1 fully saturated rings. The summed E-state index contributed by atoms with van der Waals surface area (Å²) < 4.78 is 6.11. The van der Waals surface area contributed by atoms with Crippen molar-refractivity contribution in [2.75, 3.05) is 18.0 Å². The van der Waals surface area contributed by atoms with Crippen molar-refractivity contribution in [1.82, 2.24) is 0 Å². The van der Waals surface area contributed by atoms with Crippen LogP contribution in [0.1, 0.15) is 33.3 Å². The summed E-state index contributed by atoms with van der Waals surface area (Å²) >= 11 is 6.04. The zero-order valence-electron chi connectivity index (χ0n) is 11.7. The van der Waals surface area contributed by atoms with Crippen LogP contribution in [-0.4, -0.2) is 24.3 Å². The average molecular weight is 268 g/mol. The molecule has 0 unspecified atom stereocenters. The Morgan fingerprint density at radius 1 is 1.11 bits per heavy atom. The van der Waals surface area contributed by atoms with Crippen LogP contribution in [0.5, 0.6) is 0 Å². The van der Waals surface area contributed by atoms with Crippen molar-refractivity contribution in [3.8, 4) is 0 Å². The third kappa shape index (κ3) is 2.99. The molecule has 1 aliphatic heterocycles. The zero-order chi connectivity index (χ0) is 13.4. The van der Waals surface area contributed by atoms with Crippen LogP contribution in [0.3, 0.4) is 0 Å². The molecule has 18 heavy (non-hydrogen) atoms. The Bertz CT molecular complexity index is 412. The van der Waals surface area contributed by atoms with Gasteiger partial charge in [0.05, 0.1) is 11.2 Å². The molecule has 100 valence electrons. The minimum Gasteiger partial charge on any atom is -0.366 e. The van der Waals surface area contributed by atoms with Crippen molar-refractivity contribution >= 4 is 17.3 Å². The van der Waals surface area contributed by atoms with Crippen LogP contribution in [0.25, 0.3) is 0 Å². The molecule has 0 N–H and O–H groups in total. The van der Waals surface area contributed by atoms with Gasteiger partial charge in [0.25, 0.3) is 0 Å². The molecule has 2 nitrogen and oxygen atoms in total. The van der Waals surface area contributed by atoms with Crippen LogP contribution in [0.15, 0.2) is 24.3 Å². The molecule has 0 amide bonds. The number of hydrogen-bond acceptors (Lipinski definition) is 2. The molecule has 1 aromatic carbocycles.